The van der Waals surface area contributed by atoms with Gasteiger partial charge in [-0.05, 0) is 74.6 Å². The van der Waals surface area contributed by atoms with Crippen LogP contribution in [0.1, 0.15) is 94.6 Å². The summed E-state index contributed by atoms with van der Waals surface area (Å²) in [6.45, 7) is 0.355. The fourth-order valence-corrected chi connectivity index (χ4v) is 9.78. The van der Waals surface area contributed by atoms with E-state index in [2.05, 4.69) is 20.7 Å². The summed E-state index contributed by atoms with van der Waals surface area (Å²) in [4.78, 5) is 71.8. The summed E-state index contributed by atoms with van der Waals surface area (Å²) in [6, 6.07) is 0.853. The van der Waals surface area contributed by atoms with E-state index >= 15 is 0 Å². The number of fused-ring (bicyclic) bond motifs is 3. The van der Waals surface area contributed by atoms with Crippen molar-refractivity contribution in [2.45, 2.75) is 132 Å². The lowest BCUT2D eigenvalue weighted by molar-refractivity contribution is -0.141. The maximum absolute atomic E-state index is 14.4. The van der Waals surface area contributed by atoms with Gasteiger partial charge in [0.05, 0.1) is 21.8 Å². The van der Waals surface area contributed by atoms with Crippen LogP contribution in [0.5, 0.6) is 0 Å². The van der Waals surface area contributed by atoms with Crippen LogP contribution in [0.25, 0.3) is 0 Å². The molecule has 7 rings (SSSR count). The Balaban J connectivity index is 1.12. The summed E-state index contributed by atoms with van der Waals surface area (Å²) >= 11 is 12.4. The van der Waals surface area contributed by atoms with E-state index in [1.54, 1.807) is 12.1 Å². The van der Waals surface area contributed by atoms with E-state index in [0.717, 1.165) is 49.7 Å². The van der Waals surface area contributed by atoms with Gasteiger partial charge in [-0.2, -0.15) is 0 Å². The highest BCUT2D eigenvalue weighted by Crippen LogP contribution is 2.46. The molecule has 6 amide bonds. The van der Waals surface area contributed by atoms with Crippen LogP contribution in [0.3, 0.4) is 0 Å². The Kier molecular flexibility index (Phi) is 10.9. The smallest absolute Gasteiger partial charge is 0.410 e. The molecular formula is C36H46Cl2N6O8S. The third-order valence-corrected chi connectivity index (χ3v) is 13.9. The zero-order valence-electron chi connectivity index (χ0n) is 29.4. The van der Waals surface area contributed by atoms with Crippen molar-refractivity contribution in [1.82, 2.24) is 30.5 Å². The van der Waals surface area contributed by atoms with Crippen LogP contribution in [-0.2, 0) is 42.2 Å². The Hall–Kier alpha value is -3.56. The molecule has 0 bridgehead atoms. The molecule has 1 aromatic rings. The number of urea groups is 1. The normalized spacial score (nSPS) is 29.8. The van der Waals surface area contributed by atoms with Gasteiger partial charge in [0.1, 0.15) is 23.7 Å². The van der Waals surface area contributed by atoms with Gasteiger partial charge in [-0.25, -0.2) is 18.0 Å². The van der Waals surface area contributed by atoms with Crippen LogP contribution < -0.4 is 20.7 Å². The van der Waals surface area contributed by atoms with E-state index in [4.69, 9.17) is 27.9 Å². The summed E-state index contributed by atoms with van der Waals surface area (Å²) < 4.78 is 33.7. The zero-order chi connectivity index (χ0) is 37.5. The molecule has 0 radical (unpaired) electrons. The van der Waals surface area contributed by atoms with Crippen molar-refractivity contribution in [2.24, 2.45) is 5.92 Å². The van der Waals surface area contributed by atoms with Gasteiger partial charge in [0, 0.05) is 31.5 Å². The topological polar surface area (TPSA) is 183 Å². The first-order chi connectivity index (χ1) is 25.3. The number of allylic oxidation sites excluding steroid dienone is 1. The van der Waals surface area contributed by atoms with Gasteiger partial charge in [-0.3, -0.25) is 24.0 Å². The Morgan fingerprint density at radius 3 is 2.26 bits per heavy atom. The van der Waals surface area contributed by atoms with Gasteiger partial charge < -0.3 is 25.6 Å². The Labute approximate surface area is 319 Å². The molecule has 14 nitrogen and oxygen atoms in total. The number of ether oxygens (including phenoxy) is 1. The maximum atomic E-state index is 14.4. The summed E-state index contributed by atoms with van der Waals surface area (Å²) in [5.74, 6) is -2.43. The van der Waals surface area contributed by atoms with Crippen molar-refractivity contribution in [1.29, 1.82) is 0 Å². The number of rotatable bonds is 6. The first-order valence-corrected chi connectivity index (χ1v) is 21.0. The summed E-state index contributed by atoms with van der Waals surface area (Å²) in [5, 5.41) is 8.77. The third-order valence-electron chi connectivity index (χ3n) is 11.3. The zero-order valence-corrected chi connectivity index (χ0v) is 31.7. The summed E-state index contributed by atoms with van der Waals surface area (Å²) in [7, 11) is -3.90. The second-order valence-corrected chi connectivity index (χ2v) is 18.1. The van der Waals surface area contributed by atoms with Gasteiger partial charge in [0.15, 0.2) is 0 Å². The molecular weight excluding hydrogens is 747 g/mol. The van der Waals surface area contributed by atoms with E-state index in [9.17, 15) is 32.4 Å². The van der Waals surface area contributed by atoms with E-state index < -0.39 is 74.8 Å². The SMILES string of the molecule is O=C(NC1CCCC1)N[C@H]1CCCCC/C=C/[C@@H]2C[C@@]2(C(=O)NS(=O)(=O)C2CC2)NC(=O)[C@@H]2C[C@@H](OC(=O)N3Cc4cc(Cl)c(Cl)cc4C3)CN2C1=O. The third kappa shape index (κ3) is 8.41. The number of amides is 6. The number of carbonyl (C=O) groups is 5. The molecule has 3 saturated carbocycles. The molecule has 4 fully saturated rings. The molecule has 4 N–H and O–H groups in total. The van der Waals surface area contributed by atoms with E-state index in [-0.39, 0.29) is 38.5 Å². The van der Waals surface area contributed by atoms with E-state index in [1.807, 2.05) is 12.2 Å². The van der Waals surface area contributed by atoms with Crippen LogP contribution in [0.4, 0.5) is 9.59 Å². The largest absolute Gasteiger partial charge is 0.444 e. The predicted octanol–water partition coefficient (Wildman–Crippen LogP) is 4.03. The first-order valence-electron chi connectivity index (χ1n) is 18.7. The van der Waals surface area contributed by atoms with Gasteiger partial charge in [-0.15, -0.1) is 0 Å². The average Bonchev–Trinajstić information content (AvgIpc) is 3.91. The Morgan fingerprint density at radius 2 is 1.58 bits per heavy atom. The Morgan fingerprint density at radius 1 is 0.906 bits per heavy atom. The standard InChI is InChI=1S/C36H46Cl2N6O8S/c37-27-14-21-18-43(19-22(21)15-28(27)38)35(49)52-25-16-30-31(45)41-36(33(47)42-53(50,51)26-12-13-26)17-23(36)8-4-2-1-3-5-11-29(32(46)44(30)20-25)40-34(48)39-24-9-6-7-10-24/h4,8,14-15,23-26,29-30H,1-3,5-7,9-13,16-20H2,(H,41,45)(H,42,47)(H2,39,40,48)/b8-4+/t23-,25-,29+,30+,36-/m1/s1. The van der Waals surface area contributed by atoms with Crippen molar-refractivity contribution in [3.05, 3.63) is 45.5 Å². The number of hydrogen-bond donors (Lipinski definition) is 4. The average molecular weight is 794 g/mol. The van der Waals surface area contributed by atoms with Crippen molar-refractivity contribution in [2.75, 3.05) is 6.54 Å². The molecule has 53 heavy (non-hydrogen) atoms. The highest BCUT2D eigenvalue weighted by molar-refractivity contribution is 7.91. The molecule has 3 aliphatic heterocycles. The number of halogens is 2. The number of hydrogen-bond acceptors (Lipinski definition) is 8. The molecule has 17 heteroatoms. The molecule has 1 aromatic carbocycles. The van der Waals surface area contributed by atoms with Gasteiger partial charge in [0.25, 0.3) is 5.91 Å². The van der Waals surface area contributed by atoms with Crippen LogP contribution in [0, 0.1) is 5.92 Å². The number of carbonyl (C=O) groups excluding carboxylic acids is 5. The minimum Gasteiger partial charge on any atom is -0.444 e. The van der Waals surface area contributed by atoms with Crippen molar-refractivity contribution in [3.8, 4) is 0 Å². The highest BCUT2D eigenvalue weighted by atomic mass is 35.5. The van der Waals surface area contributed by atoms with Crippen LogP contribution in [0.2, 0.25) is 10.0 Å². The summed E-state index contributed by atoms with van der Waals surface area (Å²) in [5.41, 5.74) is 0.132. The molecule has 6 aliphatic rings. The van der Waals surface area contributed by atoms with Crippen molar-refractivity contribution in [3.63, 3.8) is 0 Å². The van der Waals surface area contributed by atoms with Gasteiger partial charge in [-0.1, -0.05) is 61.0 Å². The molecule has 288 valence electrons. The maximum Gasteiger partial charge on any atom is 0.410 e. The molecule has 1 saturated heterocycles. The second-order valence-electron chi connectivity index (χ2n) is 15.3. The minimum absolute atomic E-state index is 0.0228. The fraction of sp³-hybridized carbons (Fsp3) is 0.639. The predicted molar refractivity (Wildman–Crippen MR) is 195 cm³/mol. The molecule has 0 aromatic heterocycles. The van der Waals surface area contributed by atoms with Crippen molar-refractivity contribution >= 4 is 63.1 Å². The van der Waals surface area contributed by atoms with Gasteiger partial charge in [0.2, 0.25) is 21.8 Å². The monoisotopic (exact) mass is 792 g/mol. The molecule has 5 atom stereocenters. The lowest BCUT2D eigenvalue weighted by Crippen LogP contribution is -2.59. The molecule has 3 aliphatic carbocycles. The Bertz CT molecular complexity index is 1770. The lowest BCUT2D eigenvalue weighted by Gasteiger charge is -2.30. The number of nitrogens with zero attached hydrogens (tertiary/aromatic N) is 2. The summed E-state index contributed by atoms with van der Waals surface area (Å²) in [6.07, 6.45) is 10.3. The molecule has 3 heterocycles. The van der Waals surface area contributed by atoms with E-state index in [0.29, 0.717) is 42.1 Å². The quantitative estimate of drug-likeness (QED) is 0.312. The van der Waals surface area contributed by atoms with Crippen LogP contribution >= 0.6 is 23.2 Å². The number of sulfonamides is 1. The van der Waals surface area contributed by atoms with Crippen molar-refractivity contribution < 1.29 is 37.1 Å². The molecule has 0 spiro atoms. The van der Waals surface area contributed by atoms with E-state index in [1.165, 1.54) is 9.80 Å². The second kappa shape index (κ2) is 15.3. The highest BCUT2D eigenvalue weighted by Gasteiger charge is 2.62. The number of nitrogens with one attached hydrogen (secondary N) is 4. The minimum atomic E-state index is -3.90. The van der Waals surface area contributed by atoms with Crippen LogP contribution in [0.15, 0.2) is 24.3 Å². The van der Waals surface area contributed by atoms with Crippen LogP contribution in [-0.4, -0.2) is 89.6 Å². The number of benzene rings is 1. The lowest BCUT2D eigenvalue weighted by atomic mass is 10.0. The fourth-order valence-electron chi connectivity index (χ4n) is 8.04. The molecule has 0 unspecified atom stereocenters. The van der Waals surface area contributed by atoms with Gasteiger partial charge >= 0.3 is 12.1 Å². The first kappa shape index (κ1) is 37.7.